The average molecular weight is 239 g/mol. The van der Waals surface area contributed by atoms with Gasteiger partial charge >= 0.3 is 0 Å². The fourth-order valence-electron chi connectivity index (χ4n) is 1.43. The maximum Gasteiger partial charge on any atom is 0.213 e. The summed E-state index contributed by atoms with van der Waals surface area (Å²) in [7, 11) is -3.27. The molecule has 2 N–H and O–H groups in total. The lowest BCUT2D eigenvalue weighted by Gasteiger charge is -2.22. The number of rotatable bonds is 5. The van der Waals surface area contributed by atoms with Crippen molar-refractivity contribution in [2.24, 2.45) is 0 Å². The van der Waals surface area contributed by atoms with Crippen LogP contribution >= 0.6 is 11.8 Å². The van der Waals surface area contributed by atoms with Crippen molar-refractivity contribution in [2.75, 3.05) is 24.7 Å². The average Bonchev–Trinajstić information content (AvgIpc) is 2.50. The highest BCUT2D eigenvalue weighted by Crippen LogP contribution is 2.37. The van der Waals surface area contributed by atoms with Gasteiger partial charge in [0.05, 0.1) is 12.4 Å². The van der Waals surface area contributed by atoms with Crippen LogP contribution in [0.15, 0.2) is 0 Å². The second-order valence-corrected chi connectivity index (χ2v) is 7.37. The highest BCUT2D eigenvalue weighted by molar-refractivity contribution is 8.01. The Balaban J connectivity index is 2.39. The summed E-state index contributed by atoms with van der Waals surface area (Å²) in [5.41, 5.74) is 0. The molecule has 0 aliphatic carbocycles. The first-order valence-electron chi connectivity index (χ1n) is 4.70. The Morgan fingerprint density at radius 3 is 2.79 bits per heavy atom. The van der Waals surface area contributed by atoms with Crippen LogP contribution in [0.4, 0.5) is 0 Å². The molecule has 1 unspecified atom stereocenters. The third-order valence-corrected chi connectivity index (χ3v) is 5.17. The van der Waals surface area contributed by atoms with Gasteiger partial charge in [0.15, 0.2) is 0 Å². The Kier molecular flexibility index (Phi) is 4.24. The molecule has 1 aliphatic rings. The third kappa shape index (κ3) is 3.76. The smallest absolute Gasteiger partial charge is 0.213 e. The molecule has 14 heavy (non-hydrogen) atoms. The van der Waals surface area contributed by atoms with Crippen molar-refractivity contribution in [1.29, 1.82) is 0 Å². The van der Waals surface area contributed by atoms with Crippen LogP contribution in [-0.4, -0.2) is 42.9 Å². The Labute approximate surface area is 89.5 Å². The van der Waals surface area contributed by atoms with Crippen LogP contribution in [-0.2, 0) is 10.0 Å². The zero-order chi connectivity index (χ0) is 10.7. The zero-order valence-corrected chi connectivity index (χ0v) is 9.96. The van der Waals surface area contributed by atoms with Gasteiger partial charge in [-0.3, -0.25) is 0 Å². The molecule has 0 radical (unpaired) electrons. The third-order valence-electron chi connectivity index (χ3n) is 2.33. The van der Waals surface area contributed by atoms with Gasteiger partial charge in [-0.2, -0.15) is 11.8 Å². The van der Waals surface area contributed by atoms with Crippen LogP contribution in [0.2, 0.25) is 0 Å². The normalized spacial score (nSPS) is 28.1. The molecule has 0 amide bonds. The number of aliphatic hydroxyl groups is 1. The second-order valence-electron chi connectivity index (χ2n) is 3.77. The van der Waals surface area contributed by atoms with Crippen molar-refractivity contribution in [3.63, 3.8) is 0 Å². The maximum absolute atomic E-state index is 11.2. The monoisotopic (exact) mass is 239 g/mol. The van der Waals surface area contributed by atoms with Crippen molar-refractivity contribution in [1.82, 2.24) is 4.72 Å². The number of thioether (sulfide) groups is 1. The highest BCUT2D eigenvalue weighted by Gasteiger charge is 2.30. The van der Waals surface area contributed by atoms with E-state index in [4.69, 9.17) is 5.11 Å². The van der Waals surface area contributed by atoms with E-state index < -0.39 is 10.0 Å². The molecule has 0 aromatic rings. The van der Waals surface area contributed by atoms with Crippen LogP contribution in [0.1, 0.15) is 19.8 Å². The molecule has 4 nitrogen and oxygen atoms in total. The number of hydrogen-bond donors (Lipinski definition) is 2. The maximum atomic E-state index is 11.2. The minimum atomic E-state index is -3.27. The van der Waals surface area contributed by atoms with Gasteiger partial charge in [-0.15, -0.1) is 0 Å². The van der Waals surface area contributed by atoms with Crippen molar-refractivity contribution in [3.05, 3.63) is 0 Å². The van der Waals surface area contributed by atoms with E-state index in [1.807, 2.05) is 11.8 Å². The van der Waals surface area contributed by atoms with Gasteiger partial charge in [-0.1, -0.05) is 0 Å². The lowest BCUT2D eigenvalue weighted by atomic mass is 10.1. The van der Waals surface area contributed by atoms with E-state index in [1.165, 1.54) is 0 Å². The van der Waals surface area contributed by atoms with Gasteiger partial charge in [0, 0.05) is 11.3 Å². The van der Waals surface area contributed by atoms with E-state index in [9.17, 15) is 8.42 Å². The number of nitrogens with one attached hydrogen (secondary N) is 1. The van der Waals surface area contributed by atoms with Gasteiger partial charge in [0.25, 0.3) is 0 Å². The van der Waals surface area contributed by atoms with E-state index in [2.05, 4.69) is 11.6 Å². The summed E-state index contributed by atoms with van der Waals surface area (Å²) in [6.45, 7) is 2.23. The van der Waals surface area contributed by atoms with E-state index in [1.54, 1.807) is 0 Å². The molecule has 1 fully saturated rings. The lowest BCUT2D eigenvalue weighted by molar-refractivity contribution is 0.319. The lowest BCUT2D eigenvalue weighted by Crippen LogP contribution is -2.38. The molecule has 1 saturated heterocycles. The van der Waals surface area contributed by atoms with E-state index in [0.717, 1.165) is 18.6 Å². The summed E-state index contributed by atoms with van der Waals surface area (Å²) in [6, 6.07) is 0. The first-order valence-corrected chi connectivity index (χ1v) is 7.33. The minimum Gasteiger partial charge on any atom is -0.395 e. The number of hydrogen-bond acceptors (Lipinski definition) is 4. The Bertz CT molecular complexity index is 270. The molecule has 84 valence electrons. The van der Waals surface area contributed by atoms with Crippen LogP contribution in [0.5, 0.6) is 0 Å². The van der Waals surface area contributed by atoms with Crippen LogP contribution in [0.3, 0.4) is 0 Å². The predicted octanol–water partition coefficient (Wildman–Crippen LogP) is 0.184. The van der Waals surface area contributed by atoms with Gasteiger partial charge in [-0.05, 0) is 25.5 Å². The summed E-state index contributed by atoms with van der Waals surface area (Å²) in [4.78, 5) is 0. The molecule has 0 aromatic heterocycles. The van der Waals surface area contributed by atoms with E-state index >= 15 is 0 Å². The van der Waals surface area contributed by atoms with Crippen LogP contribution in [0.25, 0.3) is 0 Å². The summed E-state index contributed by atoms with van der Waals surface area (Å²) < 4.78 is 25.1. The fourth-order valence-corrected chi connectivity index (χ4v) is 3.69. The van der Waals surface area contributed by atoms with E-state index in [-0.39, 0.29) is 17.1 Å². The summed E-state index contributed by atoms with van der Waals surface area (Å²) in [5, 5.41) is 8.53. The molecule has 1 heterocycles. The quantitative estimate of drug-likeness (QED) is 0.718. The minimum absolute atomic E-state index is 0.0442. The highest BCUT2D eigenvalue weighted by atomic mass is 32.2. The molecule has 0 aromatic carbocycles. The Morgan fingerprint density at radius 2 is 2.29 bits per heavy atom. The fraction of sp³-hybridized carbons (Fsp3) is 1.00. The SMILES string of the molecule is CC1(CNS(=O)(=O)CCO)CCCS1. The molecule has 1 aliphatic heterocycles. The van der Waals surface area contributed by atoms with Gasteiger partial charge < -0.3 is 5.11 Å². The Hall–Kier alpha value is 0.220. The molecule has 0 saturated carbocycles. The molecular weight excluding hydrogens is 222 g/mol. The largest absolute Gasteiger partial charge is 0.395 e. The zero-order valence-electron chi connectivity index (χ0n) is 8.32. The standard InChI is InChI=1S/C8H17NO3S2/c1-8(3-2-5-13-8)7-9-14(11,12)6-4-10/h9-10H,2-7H2,1H3. The Morgan fingerprint density at radius 1 is 1.57 bits per heavy atom. The van der Waals surface area contributed by atoms with Crippen molar-refractivity contribution >= 4 is 21.8 Å². The summed E-state index contributed by atoms with van der Waals surface area (Å²) in [6.07, 6.45) is 2.21. The first kappa shape index (κ1) is 12.3. The molecule has 6 heteroatoms. The van der Waals surface area contributed by atoms with Crippen molar-refractivity contribution in [3.8, 4) is 0 Å². The van der Waals surface area contributed by atoms with Crippen LogP contribution < -0.4 is 4.72 Å². The molecule has 1 rings (SSSR count). The summed E-state index contributed by atoms with van der Waals surface area (Å²) in [5.74, 6) is 0.909. The van der Waals surface area contributed by atoms with Crippen molar-refractivity contribution in [2.45, 2.75) is 24.5 Å². The first-order chi connectivity index (χ1) is 6.47. The predicted molar refractivity (Wildman–Crippen MR) is 59.0 cm³/mol. The van der Waals surface area contributed by atoms with Gasteiger partial charge in [0.2, 0.25) is 10.0 Å². The molecule has 1 atom stereocenters. The molecule has 0 bridgehead atoms. The summed E-state index contributed by atoms with van der Waals surface area (Å²) >= 11 is 1.81. The number of aliphatic hydroxyl groups excluding tert-OH is 1. The molecular formula is C8H17NO3S2. The number of sulfonamides is 1. The topological polar surface area (TPSA) is 66.4 Å². The molecule has 0 spiro atoms. The van der Waals surface area contributed by atoms with Crippen LogP contribution in [0, 0.1) is 0 Å². The van der Waals surface area contributed by atoms with Crippen molar-refractivity contribution < 1.29 is 13.5 Å². The van der Waals surface area contributed by atoms with Gasteiger partial charge in [0.1, 0.15) is 0 Å². The van der Waals surface area contributed by atoms with Gasteiger partial charge in [-0.25, -0.2) is 13.1 Å². The second kappa shape index (κ2) is 4.83. The van der Waals surface area contributed by atoms with E-state index in [0.29, 0.717) is 6.54 Å².